The van der Waals surface area contributed by atoms with Crippen molar-refractivity contribution in [3.8, 4) is 28.5 Å². The molecule has 0 amide bonds. The van der Waals surface area contributed by atoms with Crippen molar-refractivity contribution >= 4 is 0 Å². The Morgan fingerprint density at radius 2 is 1.84 bits per heavy atom. The molecule has 1 aromatic carbocycles. The third-order valence-corrected chi connectivity index (χ3v) is 3.93. The van der Waals surface area contributed by atoms with Crippen LogP contribution in [0.4, 0.5) is 13.2 Å². The van der Waals surface area contributed by atoms with Gasteiger partial charge in [0.2, 0.25) is 0 Å². The molecule has 11 heteroatoms. The Balaban J connectivity index is 0.000000220. The molecule has 1 radical (unpaired) electrons. The first kappa shape index (κ1) is 25.1. The van der Waals surface area contributed by atoms with E-state index in [1.807, 2.05) is 32.0 Å². The van der Waals surface area contributed by atoms with Crippen LogP contribution in [0.15, 0.2) is 48.8 Å². The van der Waals surface area contributed by atoms with Gasteiger partial charge in [-0.3, -0.25) is 15.1 Å². The fourth-order valence-corrected chi connectivity index (χ4v) is 2.53. The van der Waals surface area contributed by atoms with Crippen LogP contribution in [0.3, 0.4) is 0 Å². The van der Waals surface area contributed by atoms with E-state index in [4.69, 9.17) is 4.74 Å². The van der Waals surface area contributed by atoms with Crippen LogP contribution in [0.1, 0.15) is 17.2 Å². The molecule has 4 rings (SSSR count). The molecule has 0 spiro atoms. The van der Waals surface area contributed by atoms with Crippen molar-refractivity contribution in [2.24, 2.45) is 0 Å². The molecule has 0 saturated carbocycles. The van der Waals surface area contributed by atoms with Crippen molar-refractivity contribution in [2.45, 2.75) is 20.0 Å². The van der Waals surface area contributed by atoms with E-state index in [1.165, 1.54) is 12.3 Å². The van der Waals surface area contributed by atoms with Gasteiger partial charge in [-0.25, -0.2) is 0 Å². The summed E-state index contributed by atoms with van der Waals surface area (Å²) in [5, 5.41) is 6.25. The third-order valence-electron chi connectivity index (χ3n) is 3.93. The zero-order chi connectivity index (χ0) is 22.4. The predicted octanol–water partition coefficient (Wildman–Crippen LogP) is 4.08. The van der Waals surface area contributed by atoms with Gasteiger partial charge >= 0.3 is 6.18 Å². The zero-order valence-corrected chi connectivity index (χ0v) is 19.6. The van der Waals surface area contributed by atoms with Crippen LogP contribution >= 0.6 is 0 Å². The molecule has 0 aliphatic carbocycles. The summed E-state index contributed by atoms with van der Waals surface area (Å²) in [6.45, 7) is 3.88. The van der Waals surface area contributed by atoms with Crippen molar-refractivity contribution in [1.82, 2.24) is 30.1 Å². The van der Waals surface area contributed by atoms with Gasteiger partial charge in [-0.1, -0.05) is 6.07 Å². The fourth-order valence-electron chi connectivity index (χ4n) is 2.53. The summed E-state index contributed by atoms with van der Waals surface area (Å²) in [5.74, 6) is -0.568. The van der Waals surface area contributed by atoms with Gasteiger partial charge in [0.25, 0.3) is 0 Å². The second kappa shape index (κ2) is 10.9. The number of alkyl halides is 3. The molecule has 7 nitrogen and oxygen atoms in total. The average molecular weight is 619 g/mol. The van der Waals surface area contributed by atoms with Crippen LogP contribution in [0.5, 0.6) is 5.75 Å². The maximum absolute atomic E-state index is 12.1. The molecule has 32 heavy (non-hydrogen) atoms. The van der Waals surface area contributed by atoms with E-state index in [-0.39, 0.29) is 31.6 Å². The smallest absolute Gasteiger partial charge is 0.429 e. The molecule has 0 aliphatic heterocycles. The number of pyridine rings is 1. The molecule has 0 saturated heterocycles. The van der Waals surface area contributed by atoms with E-state index < -0.39 is 12.0 Å². The molecule has 4 aromatic rings. The molecule has 3 aromatic heterocycles. The number of aromatic nitrogens is 6. The van der Waals surface area contributed by atoms with Crippen LogP contribution in [-0.2, 0) is 26.3 Å². The van der Waals surface area contributed by atoms with E-state index in [1.54, 1.807) is 25.4 Å². The Labute approximate surface area is 195 Å². The predicted molar refractivity (Wildman–Crippen MR) is 106 cm³/mol. The van der Waals surface area contributed by atoms with Crippen molar-refractivity contribution < 1.29 is 38.0 Å². The molecule has 169 valence electrons. The second-order valence-electron chi connectivity index (χ2n) is 6.26. The minimum absolute atomic E-state index is 0. The Morgan fingerprint density at radius 1 is 1.06 bits per heavy atom. The summed E-state index contributed by atoms with van der Waals surface area (Å²) in [4.78, 5) is 15.8. The monoisotopic (exact) mass is 619 g/mol. The number of benzene rings is 1. The van der Waals surface area contributed by atoms with Gasteiger partial charge in [-0.15, -0.1) is 29.8 Å². The van der Waals surface area contributed by atoms with Crippen LogP contribution in [0.25, 0.3) is 22.8 Å². The summed E-state index contributed by atoms with van der Waals surface area (Å²) < 4.78 is 41.6. The summed E-state index contributed by atoms with van der Waals surface area (Å²) in [5.41, 5.74) is 3.85. The molecular formula is C21H17F3IrN6O-2. The summed E-state index contributed by atoms with van der Waals surface area (Å²) in [7, 11) is 1.65. The molecule has 0 bridgehead atoms. The molecule has 0 N–H and O–H groups in total. The topological polar surface area (TPSA) is 87.8 Å². The maximum Gasteiger partial charge on any atom is 0.429 e. The molecule has 0 aliphatic rings. The van der Waals surface area contributed by atoms with Gasteiger partial charge in [0.1, 0.15) is 5.82 Å². The molecule has 3 heterocycles. The van der Waals surface area contributed by atoms with Gasteiger partial charge in [0.05, 0.1) is 18.5 Å². The summed E-state index contributed by atoms with van der Waals surface area (Å²) in [6, 6.07) is 13.5. The van der Waals surface area contributed by atoms with Crippen LogP contribution in [0, 0.1) is 19.9 Å². The Kier molecular flexibility index (Phi) is 8.56. The first-order valence-electron chi connectivity index (χ1n) is 9.00. The molecule has 0 fully saturated rings. The first-order valence-corrected chi connectivity index (χ1v) is 9.00. The van der Waals surface area contributed by atoms with Crippen LogP contribution in [-0.4, -0.2) is 32.1 Å². The minimum Gasteiger partial charge on any atom is -0.516 e. The summed E-state index contributed by atoms with van der Waals surface area (Å²) in [6.07, 6.45) is -1.37. The van der Waals surface area contributed by atoms with E-state index in [2.05, 4.69) is 36.2 Å². The van der Waals surface area contributed by atoms with Crippen molar-refractivity contribution in [3.05, 3.63) is 72.1 Å². The maximum atomic E-state index is 12.1. The Bertz CT molecular complexity index is 1150. The average Bonchev–Trinajstić information content (AvgIpc) is 3.26. The van der Waals surface area contributed by atoms with Gasteiger partial charge in [-0.05, 0) is 31.8 Å². The molecular weight excluding hydrogens is 601 g/mol. The standard InChI is InChI=1S/C13H13N2O.C8H4F3N4.Ir/c1-9-8-14-13(10(2)15-9)11-5-4-6-12(7-11)16-3;9-8(10,11)7-13-6(14-15-7)5-3-1-2-4-12-5;/h4,6-8H,1-3H3;1-4H;/q2*-1;. The largest absolute Gasteiger partial charge is 0.516 e. The van der Waals surface area contributed by atoms with Gasteiger partial charge in [0, 0.05) is 49.6 Å². The van der Waals surface area contributed by atoms with Gasteiger partial charge < -0.3 is 19.8 Å². The number of aryl methyl sites for hydroxylation is 2. The van der Waals surface area contributed by atoms with Gasteiger partial charge in [-0.2, -0.15) is 13.2 Å². The Morgan fingerprint density at radius 3 is 2.44 bits per heavy atom. The number of hydrogen-bond acceptors (Lipinski definition) is 6. The summed E-state index contributed by atoms with van der Waals surface area (Å²) >= 11 is 0. The SMILES string of the molecule is COc1cc[c-]c(-c2ncc(C)nc2C)c1.FC(F)(F)c1n[n-]c(-c2ccccn2)n1.[Ir]. The van der Waals surface area contributed by atoms with E-state index in [9.17, 15) is 13.2 Å². The number of hydrogen-bond donors (Lipinski definition) is 0. The van der Waals surface area contributed by atoms with Crippen molar-refractivity contribution in [1.29, 1.82) is 0 Å². The van der Waals surface area contributed by atoms with Crippen LogP contribution in [0.2, 0.25) is 0 Å². The quantitative estimate of drug-likeness (QED) is 0.320. The van der Waals surface area contributed by atoms with Crippen LogP contribution < -0.4 is 9.84 Å². The zero-order valence-electron chi connectivity index (χ0n) is 17.2. The van der Waals surface area contributed by atoms with Crippen molar-refractivity contribution in [2.75, 3.05) is 7.11 Å². The number of halogens is 3. The van der Waals surface area contributed by atoms with E-state index in [0.717, 1.165) is 28.4 Å². The Hall–Kier alpha value is -3.17. The fraction of sp³-hybridized carbons (Fsp3) is 0.190. The number of nitrogens with zero attached hydrogens (tertiary/aromatic N) is 6. The second-order valence-corrected chi connectivity index (χ2v) is 6.26. The molecule has 0 unspecified atom stereocenters. The third kappa shape index (κ3) is 6.41. The van der Waals surface area contributed by atoms with Crippen molar-refractivity contribution in [3.63, 3.8) is 0 Å². The minimum atomic E-state index is -4.57. The number of methoxy groups -OCH3 is 1. The first-order chi connectivity index (χ1) is 14.8. The number of rotatable bonds is 3. The van der Waals surface area contributed by atoms with E-state index >= 15 is 0 Å². The number of ether oxygens (including phenoxy) is 1. The molecule has 0 atom stereocenters. The normalized spacial score (nSPS) is 10.6. The van der Waals surface area contributed by atoms with E-state index in [0.29, 0.717) is 0 Å². The van der Waals surface area contributed by atoms with Gasteiger partial charge in [0.15, 0.2) is 0 Å².